The maximum absolute atomic E-state index is 12.5. The number of hydrogen-bond donors (Lipinski definition) is 0. The molecule has 0 aliphatic carbocycles. The fraction of sp³-hybridized carbons (Fsp3) is 0.533. The van der Waals surface area contributed by atoms with Gasteiger partial charge in [-0.3, -0.25) is 4.79 Å². The van der Waals surface area contributed by atoms with Crippen molar-refractivity contribution >= 4 is 17.2 Å². The van der Waals surface area contributed by atoms with E-state index in [1.165, 1.54) is 4.88 Å². The minimum atomic E-state index is 0.148. The van der Waals surface area contributed by atoms with E-state index in [0.717, 1.165) is 30.2 Å². The molecule has 1 saturated heterocycles. The summed E-state index contributed by atoms with van der Waals surface area (Å²) >= 11 is 1.57. The van der Waals surface area contributed by atoms with Crippen LogP contribution in [-0.2, 0) is 0 Å². The van der Waals surface area contributed by atoms with Crippen molar-refractivity contribution in [2.75, 3.05) is 13.1 Å². The first-order valence-electron chi connectivity index (χ1n) is 7.31. The van der Waals surface area contributed by atoms with Crippen molar-refractivity contribution in [2.24, 2.45) is 0 Å². The predicted octanol–water partition coefficient (Wildman–Crippen LogP) is 2.86. The van der Waals surface area contributed by atoms with Crippen molar-refractivity contribution in [1.29, 1.82) is 0 Å². The highest BCUT2D eigenvalue weighted by atomic mass is 32.1. The molecular weight excluding hydrogens is 284 g/mol. The Kier molecular flexibility index (Phi) is 3.80. The summed E-state index contributed by atoms with van der Waals surface area (Å²) < 4.78 is 2.14. The van der Waals surface area contributed by atoms with Crippen LogP contribution in [0.25, 0.3) is 0 Å². The minimum Gasteiger partial charge on any atom is -0.336 e. The quantitative estimate of drug-likeness (QED) is 0.876. The van der Waals surface area contributed by atoms with E-state index in [4.69, 9.17) is 0 Å². The second-order valence-corrected chi connectivity index (χ2v) is 7.14. The van der Waals surface area contributed by atoms with Gasteiger partial charge in [0.15, 0.2) is 0 Å². The van der Waals surface area contributed by atoms with E-state index in [1.807, 2.05) is 24.0 Å². The van der Waals surface area contributed by atoms with Gasteiger partial charge in [0.25, 0.3) is 5.91 Å². The van der Waals surface area contributed by atoms with E-state index in [-0.39, 0.29) is 5.91 Å². The summed E-state index contributed by atoms with van der Waals surface area (Å²) in [7, 11) is 0. The third-order valence-electron chi connectivity index (χ3n) is 3.91. The number of aromatic nitrogens is 3. The van der Waals surface area contributed by atoms with E-state index in [0.29, 0.717) is 12.0 Å². The molecule has 0 bridgehead atoms. The van der Waals surface area contributed by atoms with Gasteiger partial charge < -0.3 is 9.47 Å². The van der Waals surface area contributed by atoms with Gasteiger partial charge in [-0.05, 0) is 25.5 Å². The molecule has 1 amide bonds. The van der Waals surface area contributed by atoms with Crippen LogP contribution in [0, 0.1) is 6.92 Å². The van der Waals surface area contributed by atoms with Gasteiger partial charge in [0.2, 0.25) is 0 Å². The maximum atomic E-state index is 12.5. The van der Waals surface area contributed by atoms with E-state index < -0.39 is 0 Å². The van der Waals surface area contributed by atoms with Gasteiger partial charge in [-0.1, -0.05) is 13.8 Å². The van der Waals surface area contributed by atoms with Crippen LogP contribution in [0.3, 0.4) is 0 Å². The molecule has 2 aromatic heterocycles. The van der Waals surface area contributed by atoms with Crippen LogP contribution >= 0.6 is 11.3 Å². The summed E-state index contributed by atoms with van der Waals surface area (Å²) in [6.07, 6.45) is 2.76. The monoisotopic (exact) mass is 304 g/mol. The number of rotatable bonds is 3. The number of carbonyl (C=O) groups is 1. The molecule has 21 heavy (non-hydrogen) atoms. The summed E-state index contributed by atoms with van der Waals surface area (Å²) in [6, 6.07) is 4.22. The minimum absolute atomic E-state index is 0.148. The Hall–Kier alpha value is -1.69. The molecule has 0 saturated carbocycles. The highest BCUT2D eigenvalue weighted by molar-refractivity contribution is 7.13. The molecule has 3 heterocycles. The normalized spacial score (nSPS) is 18.7. The van der Waals surface area contributed by atoms with Gasteiger partial charge in [-0.15, -0.1) is 21.5 Å². The van der Waals surface area contributed by atoms with E-state index >= 15 is 0 Å². The van der Waals surface area contributed by atoms with Gasteiger partial charge in [-0.2, -0.15) is 0 Å². The molecular formula is C15H20N4OS. The van der Waals surface area contributed by atoms with Crippen LogP contribution < -0.4 is 0 Å². The largest absolute Gasteiger partial charge is 0.336 e. The highest BCUT2D eigenvalue weighted by Gasteiger charge is 2.30. The van der Waals surface area contributed by atoms with Crippen molar-refractivity contribution < 1.29 is 4.79 Å². The molecule has 1 fully saturated rings. The van der Waals surface area contributed by atoms with Crippen LogP contribution in [0.5, 0.6) is 0 Å². The first-order valence-corrected chi connectivity index (χ1v) is 8.13. The first-order chi connectivity index (χ1) is 10.1. The van der Waals surface area contributed by atoms with Crippen molar-refractivity contribution in [3.8, 4) is 0 Å². The number of hydrogen-bond acceptors (Lipinski definition) is 4. The molecule has 1 unspecified atom stereocenters. The second-order valence-electron chi connectivity index (χ2n) is 5.86. The maximum Gasteiger partial charge on any atom is 0.263 e. The molecule has 112 valence electrons. The smallest absolute Gasteiger partial charge is 0.263 e. The third kappa shape index (κ3) is 2.72. The summed E-state index contributed by atoms with van der Waals surface area (Å²) in [4.78, 5) is 16.4. The molecule has 0 aromatic carbocycles. The fourth-order valence-electron chi connectivity index (χ4n) is 2.80. The number of aryl methyl sites for hydroxylation is 1. The number of thiophene rings is 1. The van der Waals surface area contributed by atoms with E-state index in [9.17, 15) is 4.79 Å². The average Bonchev–Trinajstić information content (AvgIpc) is 3.17. The zero-order valence-electron chi connectivity index (χ0n) is 12.6. The topological polar surface area (TPSA) is 51.0 Å². The van der Waals surface area contributed by atoms with Crippen LogP contribution in [-0.4, -0.2) is 38.7 Å². The van der Waals surface area contributed by atoms with Crippen LogP contribution in [0.1, 0.15) is 52.6 Å². The third-order valence-corrected chi connectivity index (χ3v) is 4.90. The van der Waals surface area contributed by atoms with Crippen LogP contribution in [0.4, 0.5) is 0 Å². The van der Waals surface area contributed by atoms with Crippen molar-refractivity contribution in [1.82, 2.24) is 19.7 Å². The number of nitrogens with zero attached hydrogens (tertiary/aromatic N) is 4. The van der Waals surface area contributed by atoms with Gasteiger partial charge in [0.1, 0.15) is 12.2 Å². The second kappa shape index (κ2) is 5.60. The SMILES string of the molecule is Cc1ccc(C(=O)N2CCC(n3cnnc3C(C)C)C2)s1. The molecule has 0 radical (unpaired) electrons. The lowest BCUT2D eigenvalue weighted by molar-refractivity contribution is 0.0792. The van der Waals surface area contributed by atoms with Crippen LogP contribution in [0.2, 0.25) is 0 Å². The zero-order valence-corrected chi connectivity index (χ0v) is 13.4. The number of carbonyl (C=O) groups excluding carboxylic acids is 1. The van der Waals surface area contributed by atoms with Crippen LogP contribution in [0.15, 0.2) is 18.5 Å². The lowest BCUT2D eigenvalue weighted by Crippen LogP contribution is -2.28. The molecule has 0 N–H and O–H groups in total. The standard InChI is InChI=1S/C15H20N4OS/c1-10(2)14-17-16-9-19(14)12-6-7-18(8-12)15(20)13-5-4-11(3)21-13/h4-5,9-10,12H,6-8H2,1-3H3. The molecule has 2 aromatic rings. The summed E-state index contributed by atoms with van der Waals surface area (Å²) in [5.41, 5.74) is 0. The first kappa shape index (κ1) is 14.3. The van der Waals surface area contributed by atoms with E-state index in [1.54, 1.807) is 17.7 Å². The van der Waals surface area contributed by atoms with Gasteiger partial charge in [0.05, 0.1) is 10.9 Å². The Labute approximate surface area is 128 Å². The van der Waals surface area contributed by atoms with Gasteiger partial charge >= 0.3 is 0 Å². The van der Waals surface area contributed by atoms with E-state index in [2.05, 4.69) is 28.6 Å². The molecule has 1 atom stereocenters. The Balaban J connectivity index is 1.73. The number of likely N-dealkylation sites (tertiary alicyclic amines) is 1. The molecule has 1 aliphatic heterocycles. The Morgan fingerprint density at radius 3 is 2.90 bits per heavy atom. The van der Waals surface area contributed by atoms with Crippen molar-refractivity contribution in [3.63, 3.8) is 0 Å². The average molecular weight is 304 g/mol. The summed E-state index contributed by atoms with van der Waals surface area (Å²) in [5.74, 6) is 1.49. The Morgan fingerprint density at radius 2 is 2.24 bits per heavy atom. The predicted molar refractivity (Wildman–Crippen MR) is 82.7 cm³/mol. The summed E-state index contributed by atoms with van der Waals surface area (Å²) in [5, 5.41) is 8.23. The molecule has 5 nitrogen and oxygen atoms in total. The number of amides is 1. The van der Waals surface area contributed by atoms with Gasteiger partial charge in [-0.25, -0.2) is 0 Å². The lowest BCUT2D eigenvalue weighted by Gasteiger charge is -2.18. The zero-order chi connectivity index (χ0) is 15.0. The molecule has 3 rings (SSSR count). The fourth-order valence-corrected chi connectivity index (χ4v) is 3.64. The van der Waals surface area contributed by atoms with Crippen molar-refractivity contribution in [3.05, 3.63) is 34.0 Å². The Morgan fingerprint density at radius 1 is 1.43 bits per heavy atom. The summed E-state index contributed by atoms with van der Waals surface area (Å²) in [6.45, 7) is 7.81. The Bertz CT molecular complexity index is 646. The van der Waals surface area contributed by atoms with Crippen molar-refractivity contribution in [2.45, 2.75) is 39.2 Å². The molecule has 1 aliphatic rings. The lowest BCUT2D eigenvalue weighted by atomic mass is 10.2. The molecule has 0 spiro atoms. The molecule has 6 heteroatoms. The highest BCUT2D eigenvalue weighted by Crippen LogP contribution is 2.27. The van der Waals surface area contributed by atoms with Gasteiger partial charge in [0, 0.05) is 23.9 Å².